The third-order valence-electron chi connectivity index (χ3n) is 4.43. The van der Waals surface area contributed by atoms with Gasteiger partial charge in [0.1, 0.15) is 23.9 Å². The lowest BCUT2D eigenvalue weighted by atomic mass is 10.1. The normalized spacial score (nSPS) is 13.8. The van der Waals surface area contributed by atoms with E-state index in [0.717, 1.165) is 0 Å². The van der Waals surface area contributed by atoms with Crippen LogP contribution in [0, 0.1) is 0 Å². The van der Waals surface area contributed by atoms with Crippen molar-refractivity contribution in [2.75, 3.05) is 0 Å². The number of nitrogens with two attached hydrogens (primary N) is 1. The molecule has 0 bridgehead atoms. The van der Waals surface area contributed by atoms with Crippen LogP contribution in [0.5, 0.6) is 11.5 Å². The maximum absolute atomic E-state index is 12.5. The number of carbonyl (C=O) groups excluding carboxylic acids is 4. The number of esters is 3. The van der Waals surface area contributed by atoms with Crippen molar-refractivity contribution in [1.82, 2.24) is 0 Å². The lowest BCUT2D eigenvalue weighted by molar-refractivity contribution is -0.156. The van der Waals surface area contributed by atoms with E-state index in [9.17, 15) is 19.2 Å². The summed E-state index contributed by atoms with van der Waals surface area (Å²) in [6.45, 7) is 11.5. The van der Waals surface area contributed by atoms with Gasteiger partial charge in [0, 0.05) is 12.8 Å². The van der Waals surface area contributed by atoms with Gasteiger partial charge in [0.2, 0.25) is 0 Å². The minimum atomic E-state index is -1.05. The second kappa shape index (κ2) is 12.9. The molecular weight excluding hydrogens is 446 g/mol. The Hall–Kier alpha value is -3.14. The topological polar surface area (TPSA) is 140 Å². The molecule has 0 aliphatic carbocycles. The van der Waals surface area contributed by atoms with Crippen LogP contribution in [-0.2, 0) is 35.0 Å². The Kier molecular flexibility index (Phi) is 11.0. The van der Waals surface area contributed by atoms with Crippen molar-refractivity contribution in [2.45, 2.75) is 91.6 Å². The van der Waals surface area contributed by atoms with Crippen molar-refractivity contribution >= 4 is 24.1 Å². The Balaban J connectivity index is 2.81. The van der Waals surface area contributed by atoms with E-state index in [-0.39, 0.29) is 30.8 Å². The van der Waals surface area contributed by atoms with Crippen molar-refractivity contribution in [1.29, 1.82) is 0 Å². The molecule has 0 aliphatic heterocycles. The van der Waals surface area contributed by atoms with Gasteiger partial charge in [0.05, 0.1) is 0 Å². The third kappa shape index (κ3) is 10.2. The summed E-state index contributed by atoms with van der Waals surface area (Å²) >= 11 is 0. The van der Waals surface area contributed by atoms with E-state index < -0.39 is 47.9 Å². The molecule has 0 saturated heterocycles. The molecule has 0 aromatic heterocycles. The van der Waals surface area contributed by atoms with E-state index in [0.29, 0.717) is 5.56 Å². The van der Waals surface area contributed by atoms with Crippen molar-refractivity contribution in [3.63, 3.8) is 0 Å². The first-order valence-electron chi connectivity index (χ1n) is 11.2. The van der Waals surface area contributed by atoms with E-state index in [2.05, 4.69) is 0 Å². The van der Waals surface area contributed by atoms with Crippen LogP contribution >= 0.6 is 0 Å². The van der Waals surface area contributed by atoms with E-state index >= 15 is 0 Å². The molecule has 0 spiro atoms. The molecule has 0 heterocycles. The van der Waals surface area contributed by atoms with Gasteiger partial charge in [-0.25, -0.2) is 4.79 Å². The molecule has 3 atom stereocenters. The Labute approximate surface area is 200 Å². The Morgan fingerprint density at radius 1 is 0.882 bits per heavy atom. The first-order chi connectivity index (χ1) is 15.7. The van der Waals surface area contributed by atoms with Gasteiger partial charge in [-0.3, -0.25) is 14.4 Å². The van der Waals surface area contributed by atoms with E-state index in [1.54, 1.807) is 54.5 Å². The van der Waals surface area contributed by atoms with Gasteiger partial charge < -0.3 is 29.4 Å². The highest BCUT2D eigenvalue weighted by Gasteiger charge is 2.27. The van der Waals surface area contributed by atoms with Gasteiger partial charge in [-0.1, -0.05) is 19.9 Å². The molecule has 2 N–H and O–H groups in total. The largest absolute Gasteiger partial charge is 0.509 e. The fraction of sp³-hybridized carbons (Fsp3) is 0.583. The molecule has 190 valence electrons. The first-order valence-corrected chi connectivity index (χ1v) is 11.2. The molecule has 0 radical (unpaired) electrons. The molecule has 0 aliphatic rings. The summed E-state index contributed by atoms with van der Waals surface area (Å²) in [4.78, 5) is 47.7. The number of hydrogen-bond donors (Lipinski definition) is 1. The van der Waals surface area contributed by atoms with Crippen molar-refractivity contribution < 1.29 is 42.9 Å². The van der Waals surface area contributed by atoms with Gasteiger partial charge in [-0.15, -0.1) is 0 Å². The predicted octanol–water partition coefficient (Wildman–Crippen LogP) is 3.46. The SMILES string of the molecule is CCC(=O)Oc1ccc(C[C@H](N)C(=O)O[C@@H](C)[C@H](C)OC(=O)OC(C)(C)C)cc1OC(=O)CC. The highest BCUT2D eigenvalue weighted by atomic mass is 16.7. The van der Waals surface area contributed by atoms with Crippen LogP contribution in [0.25, 0.3) is 0 Å². The molecule has 0 saturated carbocycles. The molecule has 10 heteroatoms. The van der Waals surface area contributed by atoms with Gasteiger partial charge in [0.15, 0.2) is 11.5 Å². The van der Waals surface area contributed by atoms with Crippen LogP contribution < -0.4 is 15.2 Å². The smallest absolute Gasteiger partial charge is 0.458 e. The van der Waals surface area contributed by atoms with Gasteiger partial charge in [-0.2, -0.15) is 0 Å². The standard InChI is InChI=1S/C24H35NO9/c1-8-20(26)32-18-11-10-16(13-19(18)33-21(27)9-2)12-17(25)22(28)30-14(3)15(4)31-23(29)34-24(5,6)7/h10-11,13-15,17H,8-9,12,25H2,1-7H3/t14-,15-,17-/m0/s1. The van der Waals surface area contributed by atoms with Crippen LogP contribution in [0.15, 0.2) is 18.2 Å². The minimum absolute atomic E-state index is 0.0551. The summed E-state index contributed by atoms with van der Waals surface area (Å²) in [6, 6.07) is 3.51. The monoisotopic (exact) mass is 481 g/mol. The lowest BCUT2D eigenvalue weighted by Crippen LogP contribution is -2.40. The quantitative estimate of drug-likeness (QED) is 0.390. The molecule has 10 nitrogen and oxygen atoms in total. The van der Waals surface area contributed by atoms with Crippen LogP contribution in [0.1, 0.15) is 66.9 Å². The zero-order valence-electron chi connectivity index (χ0n) is 20.8. The van der Waals surface area contributed by atoms with Crippen LogP contribution in [0.4, 0.5) is 4.79 Å². The predicted molar refractivity (Wildman–Crippen MR) is 122 cm³/mol. The molecule has 1 rings (SSSR count). The van der Waals surface area contributed by atoms with Crippen molar-refractivity contribution in [3.8, 4) is 11.5 Å². The highest BCUT2D eigenvalue weighted by molar-refractivity contribution is 5.77. The number of benzene rings is 1. The van der Waals surface area contributed by atoms with E-state index in [1.807, 2.05) is 0 Å². The molecule has 34 heavy (non-hydrogen) atoms. The average Bonchev–Trinajstić information content (AvgIpc) is 2.73. The highest BCUT2D eigenvalue weighted by Crippen LogP contribution is 2.30. The summed E-state index contributed by atoms with van der Waals surface area (Å²) in [5, 5.41) is 0. The second-order valence-electron chi connectivity index (χ2n) is 8.68. The van der Waals surface area contributed by atoms with E-state index in [1.165, 1.54) is 12.1 Å². The van der Waals surface area contributed by atoms with Crippen LogP contribution in [-0.4, -0.2) is 47.9 Å². The number of hydrogen-bond acceptors (Lipinski definition) is 10. The number of ether oxygens (including phenoxy) is 5. The molecule has 1 aromatic rings. The summed E-state index contributed by atoms with van der Waals surface area (Å²) in [5.41, 5.74) is 5.85. The molecule has 0 unspecified atom stereocenters. The van der Waals surface area contributed by atoms with Crippen molar-refractivity contribution in [3.05, 3.63) is 23.8 Å². The van der Waals surface area contributed by atoms with E-state index in [4.69, 9.17) is 29.4 Å². The zero-order chi connectivity index (χ0) is 26.1. The fourth-order valence-electron chi connectivity index (χ4n) is 2.46. The molecule has 0 amide bonds. The number of rotatable bonds is 10. The maximum atomic E-state index is 12.5. The Morgan fingerprint density at radius 2 is 1.41 bits per heavy atom. The Bertz CT molecular complexity index is 876. The first kappa shape index (κ1) is 28.9. The Morgan fingerprint density at radius 3 is 1.94 bits per heavy atom. The zero-order valence-corrected chi connectivity index (χ0v) is 20.8. The molecule has 1 aromatic carbocycles. The van der Waals surface area contributed by atoms with Gasteiger partial charge in [-0.05, 0) is 58.7 Å². The molecular formula is C24H35NO9. The van der Waals surface area contributed by atoms with Crippen molar-refractivity contribution in [2.24, 2.45) is 5.73 Å². The van der Waals surface area contributed by atoms with Crippen LogP contribution in [0.2, 0.25) is 0 Å². The molecule has 0 fully saturated rings. The second-order valence-corrected chi connectivity index (χ2v) is 8.68. The van der Waals surface area contributed by atoms with Crippen LogP contribution in [0.3, 0.4) is 0 Å². The van der Waals surface area contributed by atoms with Gasteiger partial charge in [0.25, 0.3) is 0 Å². The summed E-state index contributed by atoms with van der Waals surface area (Å²) in [7, 11) is 0. The maximum Gasteiger partial charge on any atom is 0.509 e. The minimum Gasteiger partial charge on any atom is -0.458 e. The summed E-state index contributed by atoms with van der Waals surface area (Å²) < 4.78 is 26.0. The fourth-order valence-corrected chi connectivity index (χ4v) is 2.46. The summed E-state index contributed by atoms with van der Waals surface area (Å²) in [6.07, 6.45) is -2.08. The third-order valence-corrected chi connectivity index (χ3v) is 4.43. The summed E-state index contributed by atoms with van der Waals surface area (Å²) in [5.74, 6) is -1.56. The average molecular weight is 482 g/mol. The van der Waals surface area contributed by atoms with Gasteiger partial charge >= 0.3 is 24.1 Å². The number of carbonyl (C=O) groups is 4. The lowest BCUT2D eigenvalue weighted by Gasteiger charge is -2.24.